The Labute approximate surface area is 156 Å². The van der Waals surface area contributed by atoms with Gasteiger partial charge in [-0.25, -0.2) is 4.98 Å². The van der Waals surface area contributed by atoms with Crippen molar-refractivity contribution in [1.29, 1.82) is 0 Å². The smallest absolute Gasteiger partial charge is 0.274 e. The van der Waals surface area contributed by atoms with Crippen LogP contribution in [0.15, 0.2) is 57.7 Å². The van der Waals surface area contributed by atoms with Crippen LogP contribution in [0.4, 0.5) is 0 Å². The second-order valence-electron chi connectivity index (χ2n) is 5.73. The molecule has 0 N–H and O–H groups in total. The van der Waals surface area contributed by atoms with Crippen LogP contribution in [0.5, 0.6) is 0 Å². The molecule has 8 heteroatoms. The van der Waals surface area contributed by atoms with Crippen LogP contribution in [0.1, 0.15) is 26.0 Å². The van der Waals surface area contributed by atoms with Crippen molar-refractivity contribution in [2.24, 2.45) is 11.0 Å². The van der Waals surface area contributed by atoms with Gasteiger partial charge in [0.2, 0.25) is 0 Å². The van der Waals surface area contributed by atoms with Crippen molar-refractivity contribution >= 4 is 37.8 Å². The first-order valence-corrected chi connectivity index (χ1v) is 9.97. The van der Waals surface area contributed by atoms with Crippen molar-refractivity contribution in [1.82, 2.24) is 13.8 Å². The first-order chi connectivity index (χ1) is 11.8. The first kappa shape index (κ1) is 19.4. The second-order valence-corrected chi connectivity index (χ2v) is 8.59. The SMILES string of the molecule is C=CC/C=C(\C(C)C)S(=O)(=O)N(C)N=Cc1cnc2ccc(Br)cn12. The Morgan fingerprint density at radius 1 is 1.48 bits per heavy atom. The number of rotatable bonds is 7. The van der Waals surface area contributed by atoms with Crippen LogP contribution < -0.4 is 0 Å². The van der Waals surface area contributed by atoms with Crippen LogP contribution in [0, 0.1) is 5.92 Å². The zero-order chi connectivity index (χ0) is 18.6. The van der Waals surface area contributed by atoms with E-state index in [2.05, 4.69) is 32.6 Å². The van der Waals surface area contributed by atoms with Crippen molar-refractivity contribution in [2.75, 3.05) is 7.05 Å². The maximum Gasteiger partial charge on any atom is 0.274 e. The molecular weight excluding hydrogens is 404 g/mol. The van der Waals surface area contributed by atoms with Gasteiger partial charge in [0, 0.05) is 17.7 Å². The summed E-state index contributed by atoms with van der Waals surface area (Å²) in [6.45, 7) is 7.31. The van der Waals surface area contributed by atoms with Gasteiger partial charge in [-0.15, -0.1) is 6.58 Å². The molecule has 0 radical (unpaired) electrons. The van der Waals surface area contributed by atoms with Gasteiger partial charge in [0.15, 0.2) is 0 Å². The third kappa shape index (κ3) is 4.38. The second kappa shape index (κ2) is 7.97. The highest BCUT2D eigenvalue weighted by atomic mass is 79.9. The molecular formula is C17H21BrN4O2S. The predicted octanol–water partition coefficient (Wildman–Crippen LogP) is 3.81. The largest absolute Gasteiger partial charge is 0.298 e. The van der Waals surface area contributed by atoms with E-state index in [-0.39, 0.29) is 5.92 Å². The molecule has 0 saturated heterocycles. The van der Waals surface area contributed by atoms with Crippen molar-refractivity contribution < 1.29 is 8.42 Å². The number of nitrogens with zero attached hydrogens (tertiary/aromatic N) is 4. The fourth-order valence-electron chi connectivity index (χ4n) is 2.26. The number of hydrogen-bond acceptors (Lipinski definition) is 4. The minimum atomic E-state index is -3.68. The van der Waals surface area contributed by atoms with E-state index in [1.54, 1.807) is 18.3 Å². The Morgan fingerprint density at radius 3 is 2.84 bits per heavy atom. The Morgan fingerprint density at radius 2 is 2.20 bits per heavy atom. The Hall–Kier alpha value is -1.93. The zero-order valence-electron chi connectivity index (χ0n) is 14.4. The molecule has 2 heterocycles. The topological polar surface area (TPSA) is 67.0 Å². The molecule has 0 aliphatic rings. The molecule has 0 amide bonds. The number of imidazole rings is 1. The number of halogens is 1. The van der Waals surface area contributed by atoms with E-state index in [0.29, 0.717) is 17.0 Å². The summed E-state index contributed by atoms with van der Waals surface area (Å²) in [6.07, 6.45) is 8.80. The van der Waals surface area contributed by atoms with Crippen LogP contribution in [0.2, 0.25) is 0 Å². The van der Waals surface area contributed by atoms with Gasteiger partial charge in [0.25, 0.3) is 10.0 Å². The van der Waals surface area contributed by atoms with Crippen LogP contribution in [-0.4, -0.2) is 35.5 Å². The number of pyridine rings is 1. The quantitative estimate of drug-likeness (QED) is 0.385. The molecule has 6 nitrogen and oxygen atoms in total. The molecule has 0 fully saturated rings. The summed E-state index contributed by atoms with van der Waals surface area (Å²) in [5, 5.41) is 4.11. The monoisotopic (exact) mass is 424 g/mol. The van der Waals surface area contributed by atoms with Crippen molar-refractivity contribution in [2.45, 2.75) is 20.3 Å². The summed E-state index contributed by atoms with van der Waals surface area (Å²) in [5.41, 5.74) is 1.43. The number of allylic oxidation sites excluding steroid dienone is 3. The Kier molecular flexibility index (Phi) is 6.18. The van der Waals surface area contributed by atoms with Crippen LogP contribution in [0.25, 0.3) is 5.65 Å². The number of aromatic nitrogens is 2. The summed E-state index contributed by atoms with van der Waals surface area (Å²) in [5.74, 6) is -0.144. The highest BCUT2D eigenvalue weighted by Gasteiger charge is 2.24. The summed E-state index contributed by atoms with van der Waals surface area (Å²) in [4.78, 5) is 4.59. The van der Waals surface area contributed by atoms with Crippen molar-refractivity contribution in [3.8, 4) is 0 Å². The first-order valence-electron chi connectivity index (χ1n) is 7.74. The molecule has 0 aromatic carbocycles. The van der Waals surface area contributed by atoms with Crippen LogP contribution in [0.3, 0.4) is 0 Å². The van der Waals surface area contributed by atoms with E-state index in [4.69, 9.17) is 0 Å². The Bertz CT molecular complexity index is 929. The summed E-state index contributed by atoms with van der Waals surface area (Å²) >= 11 is 3.41. The Balaban J connectivity index is 2.32. The number of fused-ring (bicyclic) bond motifs is 1. The normalized spacial score (nSPS) is 13.1. The lowest BCUT2D eigenvalue weighted by Crippen LogP contribution is -2.25. The predicted molar refractivity (Wildman–Crippen MR) is 105 cm³/mol. The number of hydrazone groups is 1. The molecule has 0 spiro atoms. The van der Waals surface area contributed by atoms with E-state index in [1.807, 2.05) is 36.6 Å². The fourth-order valence-corrected chi connectivity index (χ4v) is 3.98. The fraction of sp³-hybridized carbons (Fsp3) is 0.294. The lowest BCUT2D eigenvalue weighted by Gasteiger charge is -2.18. The average molecular weight is 425 g/mol. The molecule has 0 aliphatic heterocycles. The highest BCUT2D eigenvalue weighted by molar-refractivity contribution is 9.10. The van der Waals surface area contributed by atoms with Gasteiger partial charge in [0.1, 0.15) is 5.65 Å². The molecule has 2 rings (SSSR count). The van der Waals surface area contributed by atoms with Gasteiger partial charge in [-0.3, -0.25) is 4.40 Å². The molecule has 0 unspecified atom stereocenters. The van der Waals surface area contributed by atoms with Crippen LogP contribution >= 0.6 is 15.9 Å². The number of hydrogen-bond donors (Lipinski definition) is 0. The van der Waals surface area contributed by atoms with E-state index < -0.39 is 10.0 Å². The third-order valence-electron chi connectivity index (χ3n) is 3.55. The lowest BCUT2D eigenvalue weighted by atomic mass is 10.2. The van der Waals surface area contributed by atoms with E-state index in [1.165, 1.54) is 13.3 Å². The van der Waals surface area contributed by atoms with Gasteiger partial charge in [0.05, 0.1) is 23.0 Å². The molecule has 0 bridgehead atoms. The summed E-state index contributed by atoms with van der Waals surface area (Å²) < 4.78 is 29.2. The minimum Gasteiger partial charge on any atom is -0.298 e. The van der Waals surface area contributed by atoms with Gasteiger partial charge in [-0.1, -0.05) is 26.0 Å². The maximum atomic E-state index is 12.7. The van der Waals surface area contributed by atoms with Gasteiger partial charge >= 0.3 is 0 Å². The number of sulfonamides is 1. The van der Waals surface area contributed by atoms with Crippen LogP contribution in [-0.2, 0) is 10.0 Å². The molecule has 25 heavy (non-hydrogen) atoms. The van der Waals surface area contributed by atoms with Gasteiger partial charge in [-0.2, -0.15) is 17.9 Å². The summed E-state index contributed by atoms with van der Waals surface area (Å²) in [6, 6.07) is 3.75. The molecule has 0 atom stereocenters. The van der Waals surface area contributed by atoms with E-state index in [9.17, 15) is 8.42 Å². The van der Waals surface area contributed by atoms with Gasteiger partial charge in [-0.05, 0) is 40.4 Å². The molecule has 0 aliphatic carbocycles. The minimum absolute atomic E-state index is 0.144. The molecule has 0 saturated carbocycles. The standard InChI is InChI=1S/C17H21BrN4O2S/c1-5-6-7-16(13(2)3)25(23,24)21(4)20-11-15-10-19-17-9-8-14(18)12-22(15)17/h5,7-13H,1,6H2,2-4H3/b16-7+,20-11?. The van der Waals surface area contributed by atoms with E-state index >= 15 is 0 Å². The summed E-state index contributed by atoms with van der Waals surface area (Å²) in [7, 11) is -2.25. The average Bonchev–Trinajstić information content (AvgIpc) is 2.94. The van der Waals surface area contributed by atoms with Gasteiger partial charge < -0.3 is 0 Å². The van der Waals surface area contributed by atoms with Crippen molar-refractivity contribution in [3.63, 3.8) is 0 Å². The molecule has 2 aromatic heterocycles. The molecule has 2 aromatic rings. The highest BCUT2D eigenvalue weighted by Crippen LogP contribution is 2.21. The zero-order valence-corrected chi connectivity index (χ0v) is 16.8. The maximum absolute atomic E-state index is 12.7. The van der Waals surface area contributed by atoms with E-state index in [0.717, 1.165) is 14.5 Å². The molecule has 134 valence electrons. The third-order valence-corrected chi connectivity index (χ3v) is 6.04. The van der Waals surface area contributed by atoms with Crippen molar-refractivity contribution in [3.05, 3.63) is 58.3 Å². The lowest BCUT2D eigenvalue weighted by molar-refractivity contribution is 0.492.